The first-order valence-electron chi connectivity index (χ1n) is 7.11. The zero-order valence-electron chi connectivity index (χ0n) is 12.4. The van der Waals surface area contributed by atoms with Crippen molar-refractivity contribution in [3.63, 3.8) is 0 Å². The Morgan fingerprint density at radius 2 is 1.56 bits per heavy atom. The first kappa shape index (κ1) is 16.0. The molecule has 0 saturated heterocycles. The van der Waals surface area contributed by atoms with Gasteiger partial charge in [-0.3, -0.25) is 0 Å². The van der Waals surface area contributed by atoms with Crippen LogP contribution in [0.25, 0.3) is 0 Å². The molecule has 0 aliphatic heterocycles. The van der Waals surface area contributed by atoms with Crippen molar-refractivity contribution in [2.75, 3.05) is 6.54 Å². The van der Waals surface area contributed by atoms with Crippen LogP contribution in [-0.4, -0.2) is 12.6 Å². The van der Waals surface area contributed by atoms with Crippen LogP contribution in [0, 0.1) is 11.3 Å². The summed E-state index contributed by atoms with van der Waals surface area (Å²) in [5.74, 6) is 0.890. The Bertz CT molecular complexity index is 155. The topological polar surface area (TPSA) is 12.0 Å². The van der Waals surface area contributed by atoms with Crippen LogP contribution in [0.15, 0.2) is 0 Å². The van der Waals surface area contributed by atoms with Crippen molar-refractivity contribution in [3.05, 3.63) is 0 Å². The van der Waals surface area contributed by atoms with Crippen LogP contribution in [0.5, 0.6) is 0 Å². The van der Waals surface area contributed by atoms with Gasteiger partial charge in [-0.2, -0.15) is 0 Å². The molecule has 0 aromatic carbocycles. The quantitative estimate of drug-likeness (QED) is 0.597. The third kappa shape index (κ3) is 8.15. The molecule has 0 amide bonds. The Kier molecular flexibility index (Phi) is 8.09. The van der Waals surface area contributed by atoms with E-state index < -0.39 is 0 Å². The molecule has 98 valence electrons. The summed E-state index contributed by atoms with van der Waals surface area (Å²) in [6.07, 6.45) is 6.82. The standard InChI is InChI=1S/C15H33N/c1-7-8-10-14(15(4,5)6)11-9-12-16-13(2)3/h13-14,16H,7-12H2,1-6H3. The lowest BCUT2D eigenvalue weighted by Gasteiger charge is -2.31. The summed E-state index contributed by atoms with van der Waals surface area (Å²) in [4.78, 5) is 0. The molecule has 0 radical (unpaired) electrons. The van der Waals surface area contributed by atoms with E-state index in [9.17, 15) is 0 Å². The summed E-state index contributed by atoms with van der Waals surface area (Å²) in [6.45, 7) is 15.1. The van der Waals surface area contributed by atoms with Crippen LogP contribution in [0.1, 0.15) is 73.6 Å². The normalized spacial score (nSPS) is 14.4. The van der Waals surface area contributed by atoms with Crippen molar-refractivity contribution >= 4 is 0 Å². The molecule has 1 atom stereocenters. The lowest BCUT2D eigenvalue weighted by molar-refractivity contribution is 0.203. The predicted molar refractivity (Wildman–Crippen MR) is 74.8 cm³/mol. The van der Waals surface area contributed by atoms with Crippen LogP contribution >= 0.6 is 0 Å². The third-order valence-corrected chi connectivity index (χ3v) is 3.41. The molecule has 0 saturated carbocycles. The predicted octanol–water partition coefficient (Wildman–Crippen LogP) is 4.62. The summed E-state index contributed by atoms with van der Waals surface area (Å²) < 4.78 is 0. The molecular formula is C15H33N. The van der Waals surface area contributed by atoms with Crippen molar-refractivity contribution in [1.29, 1.82) is 0 Å². The molecule has 0 heterocycles. The minimum atomic E-state index is 0.479. The molecular weight excluding hydrogens is 194 g/mol. The van der Waals surface area contributed by atoms with Crippen molar-refractivity contribution in [2.24, 2.45) is 11.3 Å². The average Bonchev–Trinajstić information content (AvgIpc) is 2.14. The Morgan fingerprint density at radius 1 is 1.00 bits per heavy atom. The van der Waals surface area contributed by atoms with Gasteiger partial charge >= 0.3 is 0 Å². The van der Waals surface area contributed by atoms with Gasteiger partial charge in [0.1, 0.15) is 0 Å². The smallest absolute Gasteiger partial charge is 0.00103 e. The molecule has 0 spiro atoms. The van der Waals surface area contributed by atoms with E-state index in [2.05, 4.69) is 46.9 Å². The van der Waals surface area contributed by atoms with Gasteiger partial charge in [0.2, 0.25) is 0 Å². The minimum absolute atomic E-state index is 0.479. The SMILES string of the molecule is CCCCC(CCCNC(C)C)C(C)(C)C. The number of nitrogens with one attached hydrogen (secondary N) is 1. The zero-order valence-corrected chi connectivity index (χ0v) is 12.4. The lowest BCUT2D eigenvalue weighted by atomic mass is 9.75. The highest BCUT2D eigenvalue weighted by Gasteiger charge is 2.23. The van der Waals surface area contributed by atoms with Gasteiger partial charge in [0.25, 0.3) is 0 Å². The van der Waals surface area contributed by atoms with Crippen LogP contribution in [0.4, 0.5) is 0 Å². The van der Waals surface area contributed by atoms with E-state index in [1.807, 2.05) is 0 Å². The molecule has 0 aromatic rings. The summed E-state index contributed by atoms with van der Waals surface area (Å²) >= 11 is 0. The number of rotatable bonds is 8. The number of hydrogen-bond acceptors (Lipinski definition) is 1. The van der Waals surface area contributed by atoms with E-state index >= 15 is 0 Å². The second-order valence-electron chi connectivity index (χ2n) is 6.46. The molecule has 0 aliphatic carbocycles. The van der Waals surface area contributed by atoms with Crippen molar-refractivity contribution < 1.29 is 0 Å². The van der Waals surface area contributed by atoms with Gasteiger partial charge in [-0.15, -0.1) is 0 Å². The Labute approximate surface area is 103 Å². The van der Waals surface area contributed by atoms with E-state index in [1.165, 1.54) is 38.6 Å². The summed E-state index contributed by atoms with van der Waals surface area (Å²) in [7, 11) is 0. The summed E-state index contributed by atoms with van der Waals surface area (Å²) in [5, 5.41) is 3.51. The van der Waals surface area contributed by atoms with Crippen LogP contribution in [-0.2, 0) is 0 Å². The van der Waals surface area contributed by atoms with E-state index in [4.69, 9.17) is 0 Å². The summed E-state index contributed by atoms with van der Waals surface area (Å²) in [5.41, 5.74) is 0.479. The Balaban J connectivity index is 3.84. The fraction of sp³-hybridized carbons (Fsp3) is 1.00. The van der Waals surface area contributed by atoms with E-state index in [1.54, 1.807) is 0 Å². The monoisotopic (exact) mass is 227 g/mol. The van der Waals surface area contributed by atoms with Gasteiger partial charge in [-0.1, -0.05) is 54.4 Å². The molecule has 0 fully saturated rings. The third-order valence-electron chi connectivity index (χ3n) is 3.41. The van der Waals surface area contributed by atoms with E-state index in [0.29, 0.717) is 11.5 Å². The van der Waals surface area contributed by atoms with Crippen LogP contribution < -0.4 is 5.32 Å². The second-order valence-corrected chi connectivity index (χ2v) is 6.46. The highest BCUT2D eigenvalue weighted by molar-refractivity contribution is 4.74. The lowest BCUT2D eigenvalue weighted by Crippen LogP contribution is -2.26. The van der Waals surface area contributed by atoms with Gasteiger partial charge in [0.05, 0.1) is 0 Å². The maximum atomic E-state index is 3.51. The second kappa shape index (κ2) is 8.11. The average molecular weight is 227 g/mol. The van der Waals surface area contributed by atoms with Gasteiger partial charge < -0.3 is 5.32 Å². The fourth-order valence-corrected chi connectivity index (χ4v) is 2.20. The van der Waals surface area contributed by atoms with Crippen molar-refractivity contribution in [3.8, 4) is 0 Å². The molecule has 1 unspecified atom stereocenters. The molecule has 1 N–H and O–H groups in total. The molecule has 16 heavy (non-hydrogen) atoms. The first-order chi connectivity index (χ1) is 7.38. The molecule has 0 aromatic heterocycles. The van der Waals surface area contributed by atoms with E-state index in [-0.39, 0.29) is 0 Å². The van der Waals surface area contributed by atoms with Gasteiger partial charge in [-0.25, -0.2) is 0 Å². The van der Waals surface area contributed by atoms with Gasteiger partial charge in [-0.05, 0) is 37.1 Å². The van der Waals surface area contributed by atoms with Crippen LogP contribution in [0.2, 0.25) is 0 Å². The Hall–Kier alpha value is -0.0400. The fourth-order valence-electron chi connectivity index (χ4n) is 2.20. The van der Waals surface area contributed by atoms with Crippen LogP contribution in [0.3, 0.4) is 0 Å². The largest absolute Gasteiger partial charge is 0.315 e. The first-order valence-corrected chi connectivity index (χ1v) is 7.11. The molecule has 1 nitrogen and oxygen atoms in total. The number of unbranched alkanes of at least 4 members (excludes halogenated alkanes) is 1. The number of hydrogen-bond donors (Lipinski definition) is 1. The molecule has 0 aliphatic rings. The molecule has 0 bridgehead atoms. The highest BCUT2D eigenvalue weighted by Crippen LogP contribution is 2.33. The highest BCUT2D eigenvalue weighted by atomic mass is 14.9. The molecule has 0 rings (SSSR count). The Morgan fingerprint density at radius 3 is 2.00 bits per heavy atom. The van der Waals surface area contributed by atoms with Gasteiger partial charge in [0, 0.05) is 6.04 Å². The minimum Gasteiger partial charge on any atom is -0.315 e. The van der Waals surface area contributed by atoms with E-state index in [0.717, 1.165) is 5.92 Å². The zero-order chi connectivity index (χ0) is 12.6. The molecule has 1 heteroatoms. The van der Waals surface area contributed by atoms with Crippen molar-refractivity contribution in [2.45, 2.75) is 79.7 Å². The maximum Gasteiger partial charge on any atom is 0.00103 e. The van der Waals surface area contributed by atoms with Gasteiger partial charge in [0.15, 0.2) is 0 Å². The summed E-state index contributed by atoms with van der Waals surface area (Å²) in [6, 6.07) is 0.628. The van der Waals surface area contributed by atoms with Crippen molar-refractivity contribution in [1.82, 2.24) is 5.32 Å². The maximum absolute atomic E-state index is 3.51.